The summed E-state index contributed by atoms with van der Waals surface area (Å²) in [5, 5.41) is 3.77. The number of nitrogens with one attached hydrogen (secondary N) is 1. The van der Waals surface area contributed by atoms with Crippen molar-refractivity contribution in [2.75, 3.05) is 7.11 Å². The van der Waals surface area contributed by atoms with Crippen LogP contribution < -0.4 is 4.72 Å². The van der Waals surface area contributed by atoms with Gasteiger partial charge in [0.2, 0.25) is 0 Å². The number of ether oxygens (including phenoxy) is 1. The number of carbonyl (C=O) groups excluding carboxylic acids is 1. The molecule has 7 nitrogen and oxygen atoms in total. The van der Waals surface area contributed by atoms with Crippen molar-refractivity contribution in [1.82, 2.24) is 14.5 Å². The Morgan fingerprint density at radius 2 is 1.95 bits per heavy atom. The second-order valence-electron chi connectivity index (χ2n) is 4.28. The number of sulfonamides is 1. The van der Waals surface area contributed by atoms with E-state index in [1.807, 2.05) is 0 Å². The average molecular weight is 309 g/mol. The smallest absolute Gasteiger partial charge is 0.328 e. The Morgan fingerprint density at radius 1 is 1.29 bits per heavy atom. The Hall–Kier alpha value is -2.19. The van der Waals surface area contributed by atoms with E-state index >= 15 is 0 Å². The van der Waals surface area contributed by atoms with Crippen LogP contribution in [-0.2, 0) is 26.6 Å². The fourth-order valence-corrected chi connectivity index (χ4v) is 3.15. The maximum atomic E-state index is 12.3. The molecule has 1 unspecified atom stereocenters. The van der Waals surface area contributed by atoms with Gasteiger partial charge in [-0.1, -0.05) is 30.3 Å². The average Bonchev–Trinajstić information content (AvgIpc) is 2.92. The molecule has 0 fully saturated rings. The van der Waals surface area contributed by atoms with E-state index in [4.69, 9.17) is 0 Å². The first kappa shape index (κ1) is 15.2. The van der Waals surface area contributed by atoms with Gasteiger partial charge in [0.05, 0.1) is 13.3 Å². The third-order valence-electron chi connectivity index (χ3n) is 2.89. The van der Waals surface area contributed by atoms with Crippen LogP contribution >= 0.6 is 0 Å². The lowest BCUT2D eigenvalue weighted by molar-refractivity contribution is -0.142. The topological polar surface area (TPSA) is 90.3 Å². The van der Waals surface area contributed by atoms with Crippen molar-refractivity contribution < 1.29 is 17.9 Å². The molecule has 0 aliphatic rings. The number of esters is 1. The number of methoxy groups -OCH3 is 1. The molecule has 1 aromatic carbocycles. The number of carbonyl (C=O) groups is 1. The zero-order valence-corrected chi connectivity index (χ0v) is 12.4. The van der Waals surface area contributed by atoms with E-state index in [2.05, 4.69) is 14.6 Å². The molecule has 1 aromatic heterocycles. The lowest BCUT2D eigenvalue weighted by Gasteiger charge is -2.16. The van der Waals surface area contributed by atoms with Gasteiger partial charge in [0.1, 0.15) is 6.04 Å². The highest BCUT2D eigenvalue weighted by Gasteiger charge is 2.29. The van der Waals surface area contributed by atoms with Crippen LogP contribution in [0, 0.1) is 0 Å². The zero-order valence-electron chi connectivity index (χ0n) is 11.6. The van der Waals surface area contributed by atoms with Gasteiger partial charge in [0, 0.05) is 7.05 Å². The van der Waals surface area contributed by atoms with Crippen LogP contribution in [0.25, 0.3) is 0 Å². The SMILES string of the molecule is COC(=O)C(NS(=O)(=O)c1ccnn1C)c1ccccc1. The Balaban J connectivity index is 2.36. The van der Waals surface area contributed by atoms with Crippen LogP contribution in [0.3, 0.4) is 0 Å². The van der Waals surface area contributed by atoms with E-state index in [0.29, 0.717) is 5.56 Å². The number of nitrogens with zero attached hydrogens (tertiary/aromatic N) is 2. The molecule has 0 radical (unpaired) electrons. The lowest BCUT2D eigenvalue weighted by Crippen LogP contribution is -2.35. The maximum Gasteiger partial charge on any atom is 0.328 e. The van der Waals surface area contributed by atoms with Crippen LogP contribution in [0.15, 0.2) is 47.6 Å². The second kappa shape index (κ2) is 6.06. The summed E-state index contributed by atoms with van der Waals surface area (Å²) in [4.78, 5) is 11.9. The fourth-order valence-electron chi connectivity index (χ4n) is 1.86. The standard InChI is InChI=1S/C13H15N3O4S/c1-16-11(8-9-14-16)21(18,19)15-12(13(17)20-2)10-6-4-3-5-7-10/h3-9,12,15H,1-2H3. The molecule has 1 heterocycles. The van der Waals surface area contributed by atoms with Gasteiger partial charge in [-0.3, -0.25) is 4.68 Å². The summed E-state index contributed by atoms with van der Waals surface area (Å²) >= 11 is 0. The van der Waals surface area contributed by atoms with E-state index in [1.54, 1.807) is 30.3 Å². The number of hydrogen-bond acceptors (Lipinski definition) is 5. The number of hydrogen-bond donors (Lipinski definition) is 1. The molecule has 2 aromatic rings. The second-order valence-corrected chi connectivity index (χ2v) is 5.94. The molecule has 0 saturated carbocycles. The van der Waals surface area contributed by atoms with Crippen molar-refractivity contribution in [2.24, 2.45) is 7.05 Å². The van der Waals surface area contributed by atoms with Gasteiger partial charge in [0.15, 0.2) is 5.03 Å². The Morgan fingerprint density at radius 3 is 2.48 bits per heavy atom. The van der Waals surface area contributed by atoms with E-state index in [0.717, 1.165) is 0 Å². The van der Waals surface area contributed by atoms with Crippen molar-refractivity contribution in [3.63, 3.8) is 0 Å². The Bertz CT molecular complexity index is 725. The van der Waals surface area contributed by atoms with Crippen LogP contribution in [0.4, 0.5) is 0 Å². The predicted octanol–water partition coefficient (Wildman–Crippen LogP) is 0.613. The van der Waals surface area contributed by atoms with Gasteiger partial charge >= 0.3 is 5.97 Å². The molecule has 1 N–H and O–H groups in total. The minimum absolute atomic E-state index is 0.0349. The molecular formula is C13H15N3O4S. The minimum Gasteiger partial charge on any atom is -0.468 e. The van der Waals surface area contributed by atoms with Crippen molar-refractivity contribution in [1.29, 1.82) is 0 Å². The fraction of sp³-hybridized carbons (Fsp3) is 0.231. The van der Waals surface area contributed by atoms with Gasteiger partial charge in [-0.25, -0.2) is 13.2 Å². The van der Waals surface area contributed by atoms with Gasteiger partial charge < -0.3 is 4.74 Å². The van der Waals surface area contributed by atoms with E-state index in [-0.39, 0.29) is 5.03 Å². The van der Waals surface area contributed by atoms with Gasteiger partial charge in [-0.15, -0.1) is 0 Å². The van der Waals surface area contributed by atoms with Gasteiger partial charge in [-0.2, -0.15) is 9.82 Å². The van der Waals surface area contributed by atoms with Crippen molar-refractivity contribution in [2.45, 2.75) is 11.1 Å². The Labute approximate surface area is 122 Å². The molecule has 0 aliphatic heterocycles. The summed E-state index contributed by atoms with van der Waals surface area (Å²) in [6.45, 7) is 0. The minimum atomic E-state index is -3.90. The van der Waals surface area contributed by atoms with Crippen molar-refractivity contribution in [3.05, 3.63) is 48.2 Å². The van der Waals surface area contributed by atoms with E-state index in [9.17, 15) is 13.2 Å². The van der Waals surface area contributed by atoms with Gasteiger partial charge in [-0.05, 0) is 11.6 Å². The summed E-state index contributed by atoms with van der Waals surface area (Å²) in [7, 11) is -1.19. The number of aromatic nitrogens is 2. The third-order valence-corrected chi connectivity index (χ3v) is 4.39. The first-order valence-electron chi connectivity index (χ1n) is 6.09. The molecule has 0 saturated heterocycles. The molecule has 21 heavy (non-hydrogen) atoms. The monoisotopic (exact) mass is 309 g/mol. The summed E-state index contributed by atoms with van der Waals surface area (Å²) in [6.07, 6.45) is 1.37. The highest BCUT2D eigenvalue weighted by molar-refractivity contribution is 7.89. The molecule has 0 bridgehead atoms. The molecule has 2 rings (SSSR count). The molecular weight excluding hydrogens is 294 g/mol. The first-order chi connectivity index (χ1) is 9.95. The summed E-state index contributed by atoms with van der Waals surface area (Å²) in [6, 6.07) is 8.72. The first-order valence-corrected chi connectivity index (χ1v) is 7.57. The Kier molecular flexibility index (Phi) is 4.39. The lowest BCUT2D eigenvalue weighted by atomic mass is 10.1. The highest BCUT2D eigenvalue weighted by atomic mass is 32.2. The predicted molar refractivity (Wildman–Crippen MR) is 74.7 cm³/mol. The summed E-state index contributed by atoms with van der Waals surface area (Å²) in [5.41, 5.74) is 0.495. The summed E-state index contributed by atoms with van der Waals surface area (Å²) < 4.78 is 32.9. The van der Waals surface area contributed by atoms with Crippen LogP contribution in [0.1, 0.15) is 11.6 Å². The van der Waals surface area contributed by atoms with Crippen molar-refractivity contribution >= 4 is 16.0 Å². The van der Waals surface area contributed by atoms with Crippen LogP contribution in [0.5, 0.6) is 0 Å². The molecule has 0 spiro atoms. The highest BCUT2D eigenvalue weighted by Crippen LogP contribution is 2.18. The third kappa shape index (κ3) is 3.29. The molecule has 1 atom stereocenters. The zero-order chi connectivity index (χ0) is 15.5. The molecule has 0 amide bonds. The number of aryl methyl sites for hydroxylation is 1. The summed E-state index contributed by atoms with van der Waals surface area (Å²) in [5.74, 6) is -0.688. The normalized spacial score (nSPS) is 12.9. The molecule has 112 valence electrons. The van der Waals surface area contributed by atoms with Crippen LogP contribution in [0.2, 0.25) is 0 Å². The number of benzene rings is 1. The van der Waals surface area contributed by atoms with E-state index < -0.39 is 22.0 Å². The largest absolute Gasteiger partial charge is 0.468 e. The van der Waals surface area contributed by atoms with Crippen LogP contribution in [-0.4, -0.2) is 31.3 Å². The van der Waals surface area contributed by atoms with Crippen molar-refractivity contribution in [3.8, 4) is 0 Å². The van der Waals surface area contributed by atoms with Gasteiger partial charge in [0.25, 0.3) is 10.0 Å². The maximum absolute atomic E-state index is 12.3. The molecule has 0 aliphatic carbocycles. The van der Waals surface area contributed by atoms with E-state index in [1.165, 1.54) is 31.1 Å². The molecule has 8 heteroatoms. The number of rotatable bonds is 5. The quantitative estimate of drug-likeness (QED) is 0.817.